The second-order valence-electron chi connectivity index (χ2n) is 5.55. The molecule has 7 nitrogen and oxygen atoms in total. The van der Waals surface area contributed by atoms with E-state index in [9.17, 15) is 4.79 Å². The monoisotopic (exact) mass is 324 g/mol. The quantitative estimate of drug-likeness (QED) is 0.616. The maximum atomic E-state index is 12.4. The van der Waals surface area contributed by atoms with Gasteiger partial charge in [-0.25, -0.2) is 4.98 Å². The fraction of sp³-hybridized carbons (Fsp3) is 0.235. The van der Waals surface area contributed by atoms with Gasteiger partial charge in [0.15, 0.2) is 11.4 Å². The number of nitrogens with two attached hydrogens (primary N) is 2. The van der Waals surface area contributed by atoms with Crippen LogP contribution in [0.3, 0.4) is 0 Å². The minimum atomic E-state index is -0.159. The van der Waals surface area contributed by atoms with Crippen LogP contribution in [0, 0.1) is 0 Å². The SMILES string of the molecule is C1CCNC1.Nc1cc(N)n2ncc(C(=O)c3ccccc3)c2n1. The number of carbonyl (C=O) groups excluding carboxylic acids is 1. The third-order valence-corrected chi connectivity index (χ3v) is 3.76. The van der Waals surface area contributed by atoms with Gasteiger partial charge in [-0.2, -0.15) is 9.61 Å². The summed E-state index contributed by atoms with van der Waals surface area (Å²) in [6.07, 6.45) is 4.23. The smallest absolute Gasteiger partial charge is 0.198 e. The summed E-state index contributed by atoms with van der Waals surface area (Å²) in [5.41, 5.74) is 12.7. The van der Waals surface area contributed by atoms with Crippen LogP contribution < -0.4 is 16.8 Å². The first-order valence-corrected chi connectivity index (χ1v) is 7.87. The maximum absolute atomic E-state index is 12.4. The van der Waals surface area contributed by atoms with Gasteiger partial charge in [-0.3, -0.25) is 4.79 Å². The Kier molecular flexibility index (Phi) is 4.72. The average molecular weight is 324 g/mol. The molecule has 24 heavy (non-hydrogen) atoms. The normalized spacial score (nSPS) is 13.5. The van der Waals surface area contributed by atoms with Crippen LogP contribution in [-0.2, 0) is 0 Å². The van der Waals surface area contributed by atoms with E-state index in [1.807, 2.05) is 6.07 Å². The van der Waals surface area contributed by atoms with Crippen molar-refractivity contribution in [1.82, 2.24) is 19.9 Å². The lowest BCUT2D eigenvalue weighted by Crippen LogP contribution is -2.05. The molecule has 0 unspecified atom stereocenters. The molecule has 124 valence electrons. The van der Waals surface area contributed by atoms with E-state index in [0.29, 0.717) is 22.6 Å². The molecular formula is C17H20N6O. The number of ketones is 1. The van der Waals surface area contributed by atoms with Crippen molar-refractivity contribution in [2.45, 2.75) is 12.8 Å². The molecule has 0 saturated carbocycles. The van der Waals surface area contributed by atoms with Crippen molar-refractivity contribution in [3.63, 3.8) is 0 Å². The summed E-state index contributed by atoms with van der Waals surface area (Å²) < 4.78 is 1.40. The van der Waals surface area contributed by atoms with Crippen LogP contribution in [0.15, 0.2) is 42.6 Å². The van der Waals surface area contributed by atoms with E-state index < -0.39 is 0 Å². The number of nitrogens with zero attached hydrogens (tertiary/aromatic N) is 3. The number of carbonyl (C=O) groups is 1. The van der Waals surface area contributed by atoms with E-state index in [4.69, 9.17) is 11.5 Å². The Labute approximate surface area is 139 Å². The summed E-state index contributed by atoms with van der Waals surface area (Å²) >= 11 is 0. The second kappa shape index (κ2) is 7.10. The van der Waals surface area contributed by atoms with Crippen LogP contribution >= 0.6 is 0 Å². The molecule has 1 saturated heterocycles. The van der Waals surface area contributed by atoms with Crippen LogP contribution in [0.2, 0.25) is 0 Å². The molecule has 0 aliphatic carbocycles. The molecule has 0 amide bonds. The molecule has 3 aromatic rings. The zero-order valence-corrected chi connectivity index (χ0v) is 13.3. The Morgan fingerprint density at radius 2 is 1.83 bits per heavy atom. The van der Waals surface area contributed by atoms with Crippen LogP contribution in [0.4, 0.5) is 11.6 Å². The number of benzene rings is 1. The fourth-order valence-electron chi connectivity index (χ4n) is 2.54. The molecule has 1 aromatic carbocycles. The minimum Gasteiger partial charge on any atom is -0.384 e. The number of nitrogen functional groups attached to an aromatic ring is 2. The largest absolute Gasteiger partial charge is 0.384 e. The van der Waals surface area contributed by atoms with Gasteiger partial charge in [0.25, 0.3) is 0 Å². The van der Waals surface area contributed by atoms with E-state index in [0.717, 1.165) is 0 Å². The molecular weight excluding hydrogens is 304 g/mol. The third kappa shape index (κ3) is 3.36. The van der Waals surface area contributed by atoms with E-state index in [1.165, 1.54) is 42.7 Å². The molecule has 7 heteroatoms. The Morgan fingerprint density at radius 1 is 1.12 bits per heavy atom. The number of aromatic nitrogens is 3. The summed E-state index contributed by atoms with van der Waals surface area (Å²) in [4.78, 5) is 16.5. The molecule has 0 spiro atoms. The van der Waals surface area contributed by atoms with E-state index >= 15 is 0 Å². The Morgan fingerprint density at radius 3 is 2.46 bits per heavy atom. The molecule has 0 radical (unpaired) electrons. The highest BCUT2D eigenvalue weighted by atomic mass is 16.1. The summed E-state index contributed by atoms with van der Waals surface area (Å²) in [7, 11) is 0. The van der Waals surface area contributed by atoms with E-state index in [1.54, 1.807) is 24.3 Å². The van der Waals surface area contributed by atoms with Crippen molar-refractivity contribution >= 4 is 23.1 Å². The Balaban J connectivity index is 0.000000290. The molecule has 1 aliphatic heterocycles. The lowest BCUT2D eigenvalue weighted by atomic mass is 10.1. The Hall–Kier alpha value is -2.93. The summed E-state index contributed by atoms with van der Waals surface area (Å²) in [6.45, 7) is 2.50. The van der Waals surface area contributed by atoms with Crippen molar-refractivity contribution in [2.75, 3.05) is 24.6 Å². The van der Waals surface area contributed by atoms with Gasteiger partial charge >= 0.3 is 0 Å². The van der Waals surface area contributed by atoms with Crippen molar-refractivity contribution in [3.8, 4) is 0 Å². The lowest BCUT2D eigenvalue weighted by Gasteiger charge is -2.02. The van der Waals surface area contributed by atoms with Gasteiger partial charge in [0.1, 0.15) is 11.6 Å². The molecule has 1 aliphatic rings. The van der Waals surface area contributed by atoms with E-state index in [-0.39, 0.29) is 11.6 Å². The highest BCUT2D eigenvalue weighted by Crippen LogP contribution is 2.18. The summed E-state index contributed by atoms with van der Waals surface area (Å²) in [6, 6.07) is 10.4. The number of fused-ring (bicyclic) bond motifs is 1. The van der Waals surface area contributed by atoms with Gasteiger partial charge in [0.05, 0.1) is 11.8 Å². The topological polar surface area (TPSA) is 111 Å². The highest BCUT2D eigenvalue weighted by Gasteiger charge is 2.17. The zero-order chi connectivity index (χ0) is 16.9. The molecule has 2 aromatic heterocycles. The van der Waals surface area contributed by atoms with E-state index in [2.05, 4.69) is 15.4 Å². The minimum absolute atomic E-state index is 0.159. The number of rotatable bonds is 2. The van der Waals surface area contributed by atoms with Crippen LogP contribution in [-0.4, -0.2) is 33.5 Å². The first-order valence-electron chi connectivity index (χ1n) is 7.87. The molecule has 4 rings (SSSR count). The predicted molar refractivity (Wildman–Crippen MR) is 93.8 cm³/mol. The van der Waals surface area contributed by atoms with Gasteiger partial charge in [-0.1, -0.05) is 30.3 Å². The highest BCUT2D eigenvalue weighted by molar-refractivity contribution is 6.12. The van der Waals surface area contributed by atoms with Crippen LogP contribution in [0.5, 0.6) is 0 Å². The molecule has 5 N–H and O–H groups in total. The van der Waals surface area contributed by atoms with Crippen LogP contribution in [0.25, 0.3) is 5.65 Å². The van der Waals surface area contributed by atoms with Gasteiger partial charge < -0.3 is 16.8 Å². The summed E-state index contributed by atoms with van der Waals surface area (Å²) in [5, 5.41) is 7.28. The zero-order valence-electron chi connectivity index (χ0n) is 13.3. The molecule has 0 atom stereocenters. The van der Waals surface area contributed by atoms with Crippen LogP contribution in [0.1, 0.15) is 28.8 Å². The number of nitrogens with one attached hydrogen (secondary N) is 1. The number of hydrogen-bond donors (Lipinski definition) is 3. The predicted octanol–water partition coefficient (Wildman–Crippen LogP) is 1.49. The first kappa shape index (κ1) is 15.9. The second-order valence-corrected chi connectivity index (χ2v) is 5.55. The molecule has 1 fully saturated rings. The average Bonchev–Trinajstić information content (AvgIpc) is 3.28. The van der Waals surface area contributed by atoms with Crippen molar-refractivity contribution in [1.29, 1.82) is 0 Å². The van der Waals surface area contributed by atoms with Gasteiger partial charge in [-0.05, 0) is 25.9 Å². The van der Waals surface area contributed by atoms with Gasteiger partial charge in [0.2, 0.25) is 0 Å². The number of anilines is 2. The van der Waals surface area contributed by atoms with Crippen molar-refractivity contribution in [3.05, 3.63) is 53.7 Å². The third-order valence-electron chi connectivity index (χ3n) is 3.76. The Bertz CT molecular complexity index is 831. The fourth-order valence-corrected chi connectivity index (χ4v) is 2.54. The van der Waals surface area contributed by atoms with Crippen molar-refractivity contribution in [2.24, 2.45) is 0 Å². The van der Waals surface area contributed by atoms with Gasteiger partial charge in [-0.15, -0.1) is 0 Å². The first-order chi connectivity index (χ1) is 11.7. The van der Waals surface area contributed by atoms with Crippen molar-refractivity contribution < 1.29 is 4.79 Å². The molecule has 0 bridgehead atoms. The van der Waals surface area contributed by atoms with Gasteiger partial charge in [0, 0.05) is 11.6 Å². The standard InChI is InChI=1S/C13H11N5O.C4H9N/c14-10-6-11(15)18-13(17-10)9(7-16-18)12(19)8-4-2-1-3-5-8;1-2-4-5-3-1/h1-7H,15H2,(H2,14,17);5H,1-4H2. The number of hydrogen-bond acceptors (Lipinski definition) is 6. The maximum Gasteiger partial charge on any atom is 0.198 e. The summed E-state index contributed by atoms with van der Waals surface area (Å²) in [5.74, 6) is 0.440. The molecule has 3 heterocycles. The lowest BCUT2D eigenvalue weighted by molar-refractivity contribution is 0.104.